The Hall–Kier alpha value is 0.0500. The van der Waals surface area contributed by atoms with Gasteiger partial charge < -0.3 is 5.73 Å². The quantitative estimate of drug-likeness (QED) is 0.799. The van der Waals surface area contributed by atoms with Crippen molar-refractivity contribution in [2.75, 3.05) is 0 Å². The highest BCUT2D eigenvalue weighted by molar-refractivity contribution is 6.35. The van der Waals surface area contributed by atoms with Crippen LogP contribution in [0.25, 0.3) is 0 Å². The molecule has 15 heavy (non-hydrogen) atoms. The highest BCUT2D eigenvalue weighted by atomic mass is 35.5. The molecular weight excluding hydrogens is 252 g/mol. The van der Waals surface area contributed by atoms with Crippen LogP contribution in [0.1, 0.15) is 32.4 Å². The van der Waals surface area contributed by atoms with Gasteiger partial charge in [-0.25, -0.2) is 0 Å². The van der Waals surface area contributed by atoms with E-state index in [1.54, 1.807) is 6.07 Å². The lowest BCUT2D eigenvalue weighted by molar-refractivity contribution is 0.327. The fraction of sp³-hybridized carbons (Fsp3) is 0.455. The van der Waals surface area contributed by atoms with E-state index in [2.05, 4.69) is 20.8 Å². The third-order valence-electron chi connectivity index (χ3n) is 2.23. The van der Waals surface area contributed by atoms with Crippen molar-refractivity contribution in [1.29, 1.82) is 0 Å². The number of nitrogens with two attached hydrogens (primary N) is 1. The van der Waals surface area contributed by atoms with Crippen LogP contribution in [0.2, 0.25) is 10.0 Å². The van der Waals surface area contributed by atoms with Crippen LogP contribution in [0, 0.1) is 5.41 Å². The molecule has 0 bridgehead atoms. The van der Waals surface area contributed by atoms with Gasteiger partial charge in [0, 0.05) is 16.1 Å². The second-order valence-corrected chi connectivity index (χ2v) is 5.35. The first-order chi connectivity index (χ1) is 6.32. The van der Waals surface area contributed by atoms with Crippen LogP contribution in [-0.2, 0) is 0 Å². The Morgan fingerprint density at radius 3 is 2.13 bits per heavy atom. The van der Waals surface area contributed by atoms with Crippen LogP contribution < -0.4 is 5.73 Å². The molecule has 0 spiro atoms. The summed E-state index contributed by atoms with van der Waals surface area (Å²) in [4.78, 5) is 0. The van der Waals surface area contributed by atoms with E-state index in [0.29, 0.717) is 10.0 Å². The first-order valence-electron chi connectivity index (χ1n) is 4.53. The SMILES string of the molecule is CC(C)(C)[C@H](N)c1ccc(Cl)cc1Cl.Cl. The van der Waals surface area contributed by atoms with Gasteiger partial charge in [-0.3, -0.25) is 0 Å². The normalized spacial score (nSPS) is 13.2. The Kier molecular flexibility index (Phi) is 5.42. The summed E-state index contributed by atoms with van der Waals surface area (Å²) in [6.07, 6.45) is 0. The third-order valence-corrected chi connectivity index (χ3v) is 2.79. The maximum atomic E-state index is 6.10. The molecule has 1 rings (SSSR count). The molecule has 1 aromatic carbocycles. The summed E-state index contributed by atoms with van der Waals surface area (Å²) in [6.45, 7) is 6.26. The van der Waals surface area contributed by atoms with E-state index in [-0.39, 0.29) is 23.9 Å². The summed E-state index contributed by atoms with van der Waals surface area (Å²) in [5, 5.41) is 1.28. The molecule has 1 aromatic rings. The zero-order valence-corrected chi connectivity index (χ0v) is 11.4. The predicted molar refractivity (Wildman–Crippen MR) is 70.1 cm³/mol. The molecule has 0 aliphatic heterocycles. The predicted octanol–water partition coefficient (Wildman–Crippen LogP) is 4.46. The Bertz CT molecular complexity index is 331. The summed E-state index contributed by atoms with van der Waals surface area (Å²) < 4.78 is 0. The summed E-state index contributed by atoms with van der Waals surface area (Å²) >= 11 is 11.9. The molecule has 0 heterocycles. The maximum absolute atomic E-state index is 6.10. The molecular formula is C11H16Cl3N. The highest BCUT2D eigenvalue weighted by Crippen LogP contribution is 2.35. The summed E-state index contributed by atoms with van der Waals surface area (Å²) in [5.74, 6) is 0. The molecule has 0 radical (unpaired) electrons. The van der Waals surface area contributed by atoms with E-state index in [1.807, 2.05) is 12.1 Å². The Morgan fingerprint density at radius 1 is 1.20 bits per heavy atom. The van der Waals surface area contributed by atoms with Crippen LogP contribution in [0.15, 0.2) is 18.2 Å². The van der Waals surface area contributed by atoms with E-state index >= 15 is 0 Å². The molecule has 0 aromatic heterocycles. The van der Waals surface area contributed by atoms with Crippen molar-refractivity contribution < 1.29 is 0 Å². The fourth-order valence-corrected chi connectivity index (χ4v) is 1.75. The van der Waals surface area contributed by atoms with Gasteiger partial charge >= 0.3 is 0 Å². The zero-order valence-electron chi connectivity index (χ0n) is 9.05. The van der Waals surface area contributed by atoms with E-state index in [1.165, 1.54) is 0 Å². The number of rotatable bonds is 1. The first kappa shape index (κ1) is 15.0. The van der Waals surface area contributed by atoms with Gasteiger partial charge in [-0.15, -0.1) is 12.4 Å². The Balaban J connectivity index is 0.00000196. The van der Waals surface area contributed by atoms with Crippen molar-refractivity contribution in [3.63, 3.8) is 0 Å². The van der Waals surface area contributed by atoms with Crippen molar-refractivity contribution in [3.8, 4) is 0 Å². The van der Waals surface area contributed by atoms with Crippen LogP contribution in [0.5, 0.6) is 0 Å². The molecule has 0 saturated carbocycles. The zero-order chi connectivity index (χ0) is 10.9. The second-order valence-electron chi connectivity index (χ2n) is 4.51. The van der Waals surface area contributed by atoms with Gasteiger partial charge in [-0.1, -0.05) is 50.0 Å². The van der Waals surface area contributed by atoms with E-state index in [9.17, 15) is 0 Å². The van der Waals surface area contributed by atoms with Crippen molar-refractivity contribution >= 4 is 35.6 Å². The largest absolute Gasteiger partial charge is 0.323 e. The number of hydrogen-bond acceptors (Lipinski definition) is 1. The molecule has 0 unspecified atom stereocenters. The minimum Gasteiger partial charge on any atom is -0.323 e. The van der Waals surface area contributed by atoms with E-state index in [0.717, 1.165) is 5.56 Å². The molecule has 0 fully saturated rings. The van der Waals surface area contributed by atoms with Crippen molar-refractivity contribution in [2.45, 2.75) is 26.8 Å². The topological polar surface area (TPSA) is 26.0 Å². The minimum atomic E-state index is -0.0766. The highest BCUT2D eigenvalue weighted by Gasteiger charge is 2.23. The monoisotopic (exact) mass is 267 g/mol. The van der Waals surface area contributed by atoms with Gasteiger partial charge in [0.25, 0.3) is 0 Å². The van der Waals surface area contributed by atoms with Gasteiger partial charge in [0.05, 0.1) is 0 Å². The molecule has 1 atom stereocenters. The summed E-state index contributed by atoms with van der Waals surface area (Å²) in [7, 11) is 0. The number of halogens is 3. The van der Waals surface area contributed by atoms with Crippen molar-refractivity contribution in [3.05, 3.63) is 33.8 Å². The molecule has 0 saturated heterocycles. The third kappa shape index (κ3) is 3.84. The fourth-order valence-electron chi connectivity index (χ4n) is 1.22. The van der Waals surface area contributed by atoms with E-state index < -0.39 is 0 Å². The average molecular weight is 269 g/mol. The van der Waals surface area contributed by atoms with Crippen molar-refractivity contribution in [2.24, 2.45) is 11.1 Å². The first-order valence-corrected chi connectivity index (χ1v) is 5.28. The van der Waals surface area contributed by atoms with Crippen LogP contribution in [-0.4, -0.2) is 0 Å². The molecule has 0 aliphatic carbocycles. The average Bonchev–Trinajstić information content (AvgIpc) is 2.01. The Morgan fingerprint density at radius 2 is 1.73 bits per heavy atom. The van der Waals surface area contributed by atoms with Gasteiger partial charge in [-0.2, -0.15) is 0 Å². The summed E-state index contributed by atoms with van der Waals surface area (Å²) in [5.41, 5.74) is 7.04. The van der Waals surface area contributed by atoms with Gasteiger partial charge in [0.15, 0.2) is 0 Å². The van der Waals surface area contributed by atoms with Crippen LogP contribution in [0.4, 0.5) is 0 Å². The standard InChI is InChI=1S/C11H15Cl2N.ClH/c1-11(2,3)10(14)8-5-4-7(12)6-9(8)13;/h4-6,10H,14H2,1-3H3;1H/t10-;/m1./s1. The van der Waals surface area contributed by atoms with Crippen LogP contribution in [0.3, 0.4) is 0 Å². The molecule has 4 heteroatoms. The second kappa shape index (κ2) is 5.40. The Labute approximate surface area is 107 Å². The van der Waals surface area contributed by atoms with Gasteiger partial charge in [-0.05, 0) is 23.1 Å². The number of hydrogen-bond donors (Lipinski definition) is 1. The van der Waals surface area contributed by atoms with E-state index in [4.69, 9.17) is 28.9 Å². The molecule has 0 aliphatic rings. The van der Waals surface area contributed by atoms with Crippen molar-refractivity contribution in [1.82, 2.24) is 0 Å². The number of benzene rings is 1. The lowest BCUT2D eigenvalue weighted by Gasteiger charge is -2.28. The lowest BCUT2D eigenvalue weighted by Crippen LogP contribution is -2.26. The smallest absolute Gasteiger partial charge is 0.0468 e. The minimum absolute atomic E-state index is 0. The molecule has 2 N–H and O–H groups in total. The molecule has 0 amide bonds. The molecule has 1 nitrogen and oxygen atoms in total. The van der Waals surface area contributed by atoms with Crippen LogP contribution >= 0.6 is 35.6 Å². The maximum Gasteiger partial charge on any atom is 0.0468 e. The van der Waals surface area contributed by atoms with Gasteiger partial charge in [0.1, 0.15) is 0 Å². The summed E-state index contributed by atoms with van der Waals surface area (Å²) in [6, 6.07) is 5.35. The van der Waals surface area contributed by atoms with Gasteiger partial charge in [0.2, 0.25) is 0 Å². The molecule has 86 valence electrons. The lowest BCUT2D eigenvalue weighted by atomic mass is 9.83.